The standard InChI is InChI=1S/C19H22N4O4S2/c1-4-21(5-2)10-11-22(18(24)16-8-9-17(28-16)23(25)26)19-20-14-12-13(27-3)6-7-15(14)29-19/h6-9,12H,4-5,10-11H2,1-3H3. The molecule has 29 heavy (non-hydrogen) atoms. The topological polar surface area (TPSA) is 88.8 Å². The molecule has 8 nitrogen and oxygen atoms in total. The van der Waals surface area contributed by atoms with Crippen molar-refractivity contribution in [3.63, 3.8) is 0 Å². The summed E-state index contributed by atoms with van der Waals surface area (Å²) in [6.07, 6.45) is 0. The molecule has 1 aromatic carbocycles. The molecule has 0 aliphatic carbocycles. The quantitative estimate of drug-likeness (QED) is 0.369. The van der Waals surface area contributed by atoms with Gasteiger partial charge in [-0.1, -0.05) is 36.5 Å². The molecule has 0 saturated carbocycles. The number of thiazole rings is 1. The Kier molecular flexibility index (Phi) is 6.78. The zero-order valence-electron chi connectivity index (χ0n) is 16.5. The summed E-state index contributed by atoms with van der Waals surface area (Å²) in [6, 6.07) is 8.47. The van der Waals surface area contributed by atoms with Crippen molar-refractivity contribution in [1.29, 1.82) is 0 Å². The summed E-state index contributed by atoms with van der Waals surface area (Å²) in [5, 5.41) is 11.5. The van der Waals surface area contributed by atoms with Crippen LogP contribution < -0.4 is 9.64 Å². The van der Waals surface area contributed by atoms with Gasteiger partial charge in [0.05, 0.1) is 27.1 Å². The third kappa shape index (κ3) is 4.72. The second-order valence-corrected chi connectivity index (χ2v) is 8.28. The van der Waals surface area contributed by atoms with Gasteiger partial charge in [0, 0.05) is 25.2 Å². The number of carbonyl (C=O) groups is 1. The van der Waals surface area contributed by atoms with Crippen LogP contribution in [0, 0.1) is 10.1 Å². The third-order valence-corrected chi connectivity index (χ3v) is 6.66. The van der Waals surface area contributed by atoms with Crippen molar-refractivity contribution in [2.24, 2.45) is 0 Å². The molecule has 0 aliphatic heterocycles. The Morgan fingerprint density at radius 2 is 1.93 bits per heavy atom. The molecule has 0 aliphatic rings. The molecule has 10 heteroatoms. The van der Waals surface area contributed by atoms with E-state index in [1.165, 1.54) is 23.5 Å². The van der Waals surface area contributed by atoms with Crippen molar-refractivity contribution in [1.82, 2.24) is 9.88 Å². The van der Waals surface area contributed by atoms with Gasteiger partial charge in [0.15, 0.2) is 5.13 Å². The first-order chi connectivity index (χ1) is 14.0. The van der Waals surface area contributed by atoms with Gasteiger partial charge in [0.25, 0.3) is 5.91 Å². The molecule has 3 rings (SSSR count). The number of amides is 1. The third-order valence-electron chi connectivity index (χ3n) is 4.58. The fourth-order valence-corrected chi connectivity index (χ4v) is 4.62. The molecule has 2 aromatic heterocycles. The number of hydrogen-bond donors (Lipinski definition) is 0. The molecular weight excluding hydrogens is 412 g/mol. The zero-order valence-corrected chi connectivity index (χ0v) is 18.1. The Morgan fingerprint density at radius 3 is 2.55 bits per heavy atom. The van der Waals surface area contributed by atoms with Crippen LogP contribution >= 0.6 is 22.7 Å². The molecular formula is C19H22N4O4S2. The summed E-state index contributed by atoms with van der Waals surface area (Å²) in [5.74, 6) is 0.422. The van der Waals surface area contributed by atoms with Crippen LogP contribution in [0.5, 0.6) is 5.75 Å². The first-order valence-corrected chi connectivity index (χ1v) is 10.8. The number of likely N-dealkylation sites (N-methyl/N-ethyl adjacent to an activating group) is 1. The number of hydrogen-bond acceptors (Lipinski definition) is 8. The van der Waals surface area contributed by atoms with E-state index < -0.39 is 4.92 Å². The van der Waals surface area contributed by atoms with Gasteiger partial charge >= 0.3 is 5.00 Å². The maximum absolute atomic E-state index is 13.2. The van der Waals surface area contributed by atoms with Crippen molar-refractivity contribution >= 4 is 48.9 Å². The number of thiophene rings is 1. The minimum Gasteiger partial charge on any atom is -0.497 e. The highest BCUT2D eigenvalue weighted by atomic mass is 32.1. The fraction of sp³-hybridized carbons (Fsp3) is 0.368. The maximum atomic E-state index is 13.2. The number of anilines is 1. The zero-order chi connectivity index (χ0) is 21.0. The average Bonchev–Trinajstić information content (AvgIpc) is 3.37. The number of fused-ring (bicyclic) bond motifs is 1. The Bertz CT molecular complexity index is 1010. The predicted molar refractivity (Wildman–Crippen MR) is 117 cm³/mol. The second kappa shape index (κ2) is 9.29. The maximum Gasteiger partial charge on any atom is 0.324 e. The number of carbonyl (C=O) groups excluding carboxylic acids is 1. The van der Waals surface area contributed by atoms with E-state index in [2.05, 4.69) is 23.7 Å². The largest absolute Gasteiger partial charge is 0.497 e. The summed E-state index contributed by atoms with van der Waals surface area (Å²) >= 11 is 2.30. The molecule has 0 atom stereocenters. The molecule has 154 valence electrons. The fourth-order valence-electron chi connectivity index (χ4n) is 2.88. The van der Waals surface area contributed by atoms with E-state index in [0.29, 0.717) is 28.8 Å². The van der Waals surface area contributed by atoms with Crippen LogP contribution in [0.3, 0.4) is 0 Å². The molecule has 0 fully saturated rings. The number of rotatable bonds is 9. The van der Waals surface area contributed by atoms with E-state index in [4.69, 9.17) is 4.74 Å². The van der Waals surface area contributed by atoms with Crippen LogP contribution in [0.1, 0.15) is 23.5 Å². The lowest BCUT2D eigenvalue weighted by molar-refractivity contribution is -0.380. The Balaban J connectivity index is 1.95. The van der Waals surface area contributed by atoms with Gasteiger partial charge in [-0.2, -0.15) is 0 Å². The van der Waals surface area contributed by atoms with E-state index in [1.54, 1.807) is 12.0 Å². The molecule has 3 aromatic rings. The van der Waals surface area contributed by atoms with Crippen LogP contribution in [-0.2, 0) is 0 Å². The molecule has 1 amide bonds. The number of methoxy groups -OCH3 is 1. The normalized spacial score (nSPS) is 11.2. The minimum absolute atomic E-state index is 0.0499. The first kappa shape index (κ1) is 21.2. The van der Waals surface area contributed by atoms with E-state index in [-0.39, 0.29) is 10.9 Å². The van der Waals surface area contributed by atoms with E-state index in [1.807, 2.05) is 18.2 Å². The van der Waals surface area contributed by atoms with Gasteiger partial charge in [-0.05, 0) is 31.3 Å². The number of aromatic nitrogens is 1. The van der Waals surface area contributed by atoms with Crippen LogP contribution in [-0.4, -0.2) is 54.0 Å². The Hall–Kier alpha value is -2.56. The van der Waals surface area contributed by atoms with Crippen molar-refractivity contribution in [2.45, 2.75) is 13.8 Å². The van der Waals surface area contributed by atoms with Crippen molar-refractivity contribution in [3.8, 4) is 5.75 Å². The monoisotopic (exact) mass is 434 g/mol. The minimum atomic E-state index is -0.481. The number of nitrogens with zero attached hydrogens (tertiary/aromatic N) is 4. The Labute approximate surface area is 176 Å². The molecule has 0 unspecified atom stereocenters. The van der Waals surface area contributed by atoms with Crippen LogP contribution in [0.25, 0.3) is 10.2 Å². The molecule has 0 saturated heterocycles. The summed E-state index contributed by atoms with van der Waals surface area (Å²) in [4.78, 5) is 32.5. The molecule has 2 heterocycles. The summed E-state index contributed by atoms with van der Waals surface area (Å²) in [6.45, 7) is 7.03. The Morgan fingerprint density at radius 1 is 1.17 bits per heavy atom. The number of nitro groups is 1. The van der Waals surface area contributed by atoms with E-state index in [0.717, 1.165) is 34.6 Å². The van der Waals surface area contributed by atoms with Crippen LogP contribution in [0.15, 0.2) is 30.3 Å². The SMILES string of the molecule is CCN(CC)CCN(C(=O)c1ccc([N+](=O)[O-])s1)c1nc2cc(OC)ccc2s1. The summed E-state index contributed by atoms with van der Waals surface area (Å²) in [5.41, 5.74) is 0.752. The lowest BCUT2D eigenvalue weighted by Crippen LogP contribution is -2.38. The van der Waals surface area contributed by atoms with Gasteiger partial charge in [0.1, 0.15) is 5.75 Å². The lowest BCUT2D eigenvalue weighted by atomic mass is 10.3. The van der Waals surface area contributed by atoms with E-state index >= 15 is 0 Å². The number of ether oxygens (including phenoxy) is 1. The van der Waals surface area contributed by atoms with Crippen LogP contribution in [0.4, 0.5) is 10.1 Å². The predicted octanol–water partition coefficient (Wildman–Crippen LogP) is 4.26. The highest BCUT2D eigenvalue weighted by Crippen LogP contribution is 2.33. The van der Waals surface area contributed by atoms with Gasteiger partial charge in [-0.15, -0.1) is 0 Å². The molecule has 0 N–H and O–H groups in total. The smallest absolute Gasteiger partial charge is 0.324 e. The highest BCUT2D eigenvalue weighted by molar-refractivity contribution is 7.22. The molecule has 0 bridgehead atoms. The van der Waals surface area contributed by atoms with Crippen molar-refractivity contribution in [3.05, 3.63) is 45.3 Å². The average molecular weight is 435 g/mol. The van der Waals surface area contributed by atoms with Gasteiger partial charge in [-0.25, -0.2) is 4.98 Å². The van der Waals surface area contributed by atoms with Gasteiger partial charge < -0.3 is 9.64 Å². The highest BCUT2D eigenvalue weighted by Gasteiger charge is 2.25. The molecule has 0 spiro atoms. The summed E-state index contributed by atoms with van der Waals surface area (Å²) < 4.78 is 6.20. The van der Waals surface area contributed by atoms with E-state index in [9.17, 15) is 14.9 Å². The van der Waals surface area contributed by atoms with Crippen LogP contribution in [0.2, 0.25) is 0 Å². The van der Waals surface area contributed by atoms with Crippen molar-refractivity contribution in [2.75, 3.05) is 38.2 Å². The van der Waals surface area contributed by atoms with Crippen molar-refractivity contribution < 1.29 is 14.5 Å². The summed E-state index contributed by atoms with van der Waals surface area (Å²) in [7, 11) is 1.60. The second-order valence-electron chi connectivity index (χ2n) is 6.21. The van der Waals surface area contributed by atoms with Gasteiger partial charge in [0.2, 0.25) is 0 Å². The number of benzene rings is 1. The molecule has 0 radical (unpaired) electrons. The lowest BCUT2D eigenvalue weighted by Gasteiger charge is -2.24. The van der Waals surface area contributed by atoms with Gasteiger partial charge in [-0.3, -0.25) is 19.8 Å². The first-order valence-electron chi connectivity index (χ1n) is 9.19.